The molecule has 0 atom stereocenters. The quantitative estimate of drug-likeness (QED) is 0.377. The molecule has 8 heteroatoms. The zero-order valence-corrected chi connectivity index (χ0v) is 19.2. The van der Waals surface area contributed by atoms with Crippen molar-refractivity contribution in [1.82, 2.24) is 4.98 Å². The van der Waals surface area contributed by atoms with Crippen molar-refractivity contribution in [3.8, 4) is 5.75 Å². The van der Waals surface area contributed by atoms with Gasteiger partial charge in [-0.3, -0.25) is 24.2 Å². The average molecular weight is 472 g/mol. The number of rotatable bonds is 6. The number of hydrogen-bond acceptors (Lipinski definition) is 6. The molecule has 34 heavy (non-hydrogen) atoms. The number of carbonyl (C=O) groups is 3. The summed E-state index contributed by atoms with van der Waals surface area (Å²) in [5.41, 5.74) is 2.48. The fourth-order valence-corrected chi connectivity index (χ4v) is 4.87. The fourth-order valence-electron chi connectivity index (χ4n) is 3.93. The largest absolute Gasteiger partial charge is 0.497 e. The van der Waals surface area contributed by atoms with E-state index in [0.29, 0.717) is 28.7 Å². The molecule has 7 nitrogen and oxygen atoms in total. The summed E-state index contributed by atoms with van der Waals surface area (Å²) >= 11 is 1.42. The van der Waals surface area contributed by atoms with Crippen molar-refractivity contribution in [2.45, 2.75) is 19.4 Å². The summed E-state index contributed by atoms with van der Waals surface area (Å²) < 4.78 is 6.24. The Labute approximate surface area is 200 Å². The van der Waals surface area contributed by atoms with Gasteiger partial charge < -0.3 is 4.74 Å². The molecule has 5 rings (SSSR count). The van der Waals surface area contributed by atoms with Gasteiger partial charge in [0.1, 0.15) is 5.75 Å². The van der Waals surface area contributed by atoms with Gasteiger partial charge in [-0.05, 0) is 35.9 Å². The maximum Gasteiger partial charge on any atom is 0.260 e. The first-order valence-corrected chi connectivity index (χ1v) is 11.6. The molecule has 0 spiro atoms. The molecular weight excluding hydrogens is 450 g/mol. The molecule has 3 amide bonds. The van der Waals surface area contributed by atoms with Crippen LogP contribution in [0, 0.1) is 0 Å². The molecule has 3 aromatic carbocycles. The summed E-state index contributed by atoms with van der Waals surface area (Å²) in [4.78, 5) is 45.7. The Bertz CT molecular complexity index is 1380. The summed E-state index contributed by atoms with van der Waals surface area (Å²) in [5, 5.41) is 0.552. The number of carbonyl (C=O) groups excluding carboxylic acids is 3. The highest BCUT2D eigenvalue weighted by atomic mass is 32.1. The minimum Gasteiger partial charge on any atom is -0.497 e. The van der Waals surface area contributed by atoms with Crippen LogP contribution in [-0.4, -0.2) is 29.8 Å². The van der Waals surface area contributed by atoms with Gasteiger partial charge in [-0.25, -0.2) is 4.98 Å². The van der Waals surface area contributed by atoms with Crippen molar-refractivity contribution in [3.05, 3.63) is 83.9 Å². The molecule has 1 aliphatic heterocycles. The number of amides is 3. The Morgan fingerprint density at radius 3 is 2.50 bits per heavy atom. The summed E-state index contributed by atoms with van der Waals surface area (Å²) in [6.45, 7) is 0.322. The predicted octanol–water partition coefficient (Wildman–Crippen LogP) is 4.81. The molecule has 2 heterocycles. The third kappa shape index (κ3) is 4.15. The SMILES string of the molecule is COc1ccc2sc(N(Cc3ccccc3)C(=O)c3cccc(N4C(=O)CCC4=O)c3)nc2c1. The Morgan fingerprint density at radius 1 is 1.00 bits per heavy atom. The molecule has 0 saturated carbocycles. The normalized spacial score (nSPS) is 13.5. The molecule has 4 aromatic rings. The molecule has 0 aliphatic carbocycles. The Kier molecular flexibility index (Phi) is 5.81. The topological polar surface area (TPSA) is 79.8 Å². The number of benzene rings is 3. The molecule has 0 unspecified atom stereocenters. The van der Waals surface area contributed by atoms with E-state index < -0.39 is 0 Å². The maximum atomic E-state index is 13.8. The lowest BCUT2D eigenvalue weighted by molar-refractivity contribution is -0.121. The number of fused-ring (bicyclic) bond motifs is 1. The summed E-state index contributed by atoms with van der Waals surface area (Å²) in [6, 6.07) is 21.9. The third-order valence-corrected chi connectivity index (χ3v) is 6.71. The first-order chi connectivity index (χ1) is 16.5. The molecule has 0 radical (unpaired) electrons. The first-order valence-electron chi connectivity index (χ1n) is 10.8. The van der Waals surface area contributed by atoms with Gasteiger partial charge in [0.25, 0.3) is 5.91 Å². The molecule has 1 fully saturated rings. The standard InChI is InChI=1S/C26H21N3O4S/c1-33-20-10-11-22-21(15-20)27-26(34-22)28(16-17-6-3-2-4-7-17)25(32)18-8-5-9-19(14-18)29-23(30)12-13-24(29)31/h2-11,14-15H,12-13,16H2,1H3. The summed E-state index contributed by atoms with van der Waals surface area (Å²) in [6.07, 6.45) is 0.374. The van der Waals surface area contributed by atoms with Crippen LogP contribution in [0.15, 0.2) is 72.8 Å². The van der Waals surface area contributed by atoms with Crippen LogP contribution in [0.25, 0.3) is 10.2 Å². The second-order valence-corrected chi connectivity index (χ2v) is 8.89. The summed E-state index contributed by atoms with van der Waals surface area (Å²) in [7, 11) is 1.60. The second kappa shape index (κ2) is 9.07. The Balaban J connectivity index is 1.54. The number of hydrogen-bond donors (Lipinski definition) is 0. The molecule has 0 bridgehead atoms. The van der Waals surface area contributed by atoms with Crippen molar-refractivity contribution < 1.29 is 19.1 Å². The van der Waals surface area contributed by atoms with Crippen LogP contribution in [0.4, 0.5) is 10.8 Å². The van der Waals surface area contributed by atoms with Crippen LogP contribution in [0.2, 0.25) is 0 Å². The highest BCUT2D eigenvalue weighted by Crippen LogP contribution is 2.33. The van der Waals surface area contributed by atoms with E-state index in [1.54, 1.807) is 36.3 Å². The third-order valence-electron chi connectivity index (χ3n) is 5.65. The summed E-state index contributed by atoms with van der Waals surface area (Å²) in [5.74, 6) is -0.0829. The number of imide groups is 1. The minimum absolute atomic E-state index is 0.187. The average Bonchev–Trinajstić information content (AvgIpc) is 3.44. The zero-order chi connectivity index (χ0) is 23.7. The maximum absolute atomic E-state index is 13.8. The van der Waals surface area contributed by atoms with E-state index in [1.807, 2.05) is 48.5 Å². The lowest BCUT2D eigenvalue weighted by Crippen LogP contribution is -2.31. The highest BCUT2D eigenvalue weighted by Gasteiger charge is 2.31. The number of anilines is 2. The van der Waals surface area contributed by atoms with Gasteiger partial charge in [0.05, 0.1) is 29.6 Å². The lowest BCUT2D eigenvalue weighted by atomic mass is 10.1. The van der Waals surface area contributed by atoms with Gasteiger partial charge in [0, 0.05) is 24.5 Å². The highest BCUT2D eigenvalue weighted by molar-refractivity contribution is 7.22. The van der Waals surface area contributed by atoms with Crippen LogP contribution in [-0.2, 0) is 16.1 Å². The van der Waals surface area contributed by atoms with E-state index in [9.17, 15) is 14.4 Å². The number of thiazole rings is 1. The van der Waals surface area contributed by atoms with Gasteiger partial charge in [-0.1, -0.05) is 47.7 Å². The van der Waals surface area contributed by atoms with Gasteiger partial charge in [-0.15, -0.1) is 0 Å². The molecular formula is C26H21N3O4S. The molecule has 1 saturated heterocycles. The monoisotopic (exact) mass is 471 g/mol. The number of aromatic nitrogens is 1. The van der Waals surface area contributed by atoms with E-state index in [1.165, 1.54) is 11.3 Å². The van der Waals surface area contributed by atoms with E-state index in [-0.39, 0.29) is 30.6 Å². The van der Waals surface area contributed by atoms with Gasteiger partial charge in [-0.2, -0.15) is 0 Å². The smallest absolute Gasteiger partial charge is 0.260 e. The van der Waals surface area contributed by atoms with E-state index in [4.69, 9.17) is 9.72 Å². The number of ether oxygens (including phenoxy) is 1. The van der Waals surface area contributed by atoms with Crippen molar-refractivity contribution in [2.75, 3.05) is 16.9 Å². The van der Waals surface area contributed by atoms with E-state index in [2.05, 4.69) is 0 Å². The van der Waals surface area contributed by atoms with Gasteiger partial charge in [0.2, 0.25) is 11.8 Å². The molecule has 1 aliphatic rings. The van der Waals surface area contributed by atoms with E-state index in [0.717, 1.165) is 20.7 Å². The number of nitrogens with zero attached hydrogens (tertiary/aromatic N) is 3. The van der Waals surface area contributed by atoms with Crippen LogP contribution >= 0.6 is 11.3 Å². The van der Waals surface area contributed by atoms with Crippen molar-refractivity contribution in [3.63, 3.8) is 0 Å². The lowest BCUT2D eigenvalue weighted by Gasteiger charge is -2.21. The van der Waals surface area contributed by atoms with Crippen LogP contribution in [0.3, 0.4) is 0 Å². The van der Waals surface area contributed by atoms with Crippen LogP contribution in [0.1, 0.15) is 28.8 Å². The Hall–Kier alpha value is -4.04. The fraction of sp³-hybridized carbons (Fsp3) is 0.154. The van der Waals surface area contributed by atoms with Crippen LogP contribution in [0.5, 0.6) is 5.75 Å². The zero-order valence-electron chi connectivity index (χ0n) is 18.4. The molecule has 0 N–H and O–H groups in total. The van der Waals surface area contributed by atoms with Gasteiger partial charge >= 0.3 is 0 Å². The second-order valence-electron chi connectivity index (χ2n) is 7.88. The first kappa shape index (κ1) is 21.8. The predicted molar refractivity (Wildman–Crippen MR) is 131 cm³/mol. The van der Waals surface area contributed by atoms with Crippen molar-refractivity contribution in [2.24, 2.45) is 0 Å². The minimum atomic E-state index is -0.268. The number of methoxy groups -OCH3 is 1. The van der Waals surface area contributed by atoms with E-state index >= 15 is 0 Å². The van der Waals surface area contributed by atoms with Crippen molar-refractivity contribution >= 4 is 50.1 Å². The molecule has 1 aromatic heterocycles. The van der Waals surface area contributed by atoms with Crippen LogP contribution < -0.4 is 14.5 Å². The van der Waals surface area contributed by atoms with Crippen molar-refractivity contribution in [1.29, 1.82) is 0 Å². The Morgan fingerprint density at radius 2 is 1.76 bits per heavy atom. The molecule has 170 valence electrons. The van der Waals surface area contributed by atoms with Gasteiger partial charge in [0.15, 0.2) is 5.13 Å².